The van der Waals surface area contributed by atoms with Crippen LogP contribution in [0, 0.1) is 10.1 Å². The topological polar surface area (TPSA) is 107 Å². The number of nitrogens with zero attached hydrogens (tertiary/aromatic N) is 2. The molecule has 0 fully saturated rings. The molecule has 29 heavy (non-hydrogen) atoms. The molecular weight excluding hydrogens is 400 g/mol. The molecule has 0 radical (unpaired) electrons. The Kier molecular flexibility index (Phi) is 5.65. The second-order valence-electron chi connectivity index (χ2n) is 6.60. The summed E-state index contributed by atoms with van der Waals surface area (Å²) >= 11 is 5.94. The number of Topliss-reactive ketones (excluding diaryl/α,β-unsaturated/α-hetero) is 1. The van der Waals surface area contributed by atoms with Gasteiger partial charge in [-0.25, -0.2) is 4.79 Å². The van der Waals surface area contributed by atoms with E-state index in [0.29, 0.717) is 18.5 Å². The van der Waals surface area contributed by atoms with Crippen molar-refractivity contribution < 1.29 is 24.0 Å². The fourth-order valence-corrected chi connectivity index (χ4v) is 3.37. The zero-order valence-electron chi connectivity index (χ0n) is 15.7. The van der Waals surface area contributed by atoms with Crippen molar-refractivity contribution in [2.75, 3.05) is 11.4 Å². The second kappa shape index (κ2) is 8.00. The van der Waals surface area contributed by atoms with E-state index in [1.165, 1.54) is 26.0 Å². The zero-order chi connectivity index (χ0) is 21.3. The van der Waals surface area contributed by atoms with Crippen molar-refractivity contribution in [3.8, 4) is 0 Å². The number of nitro benzene ring substituents is 1. The maximum absolute atomic E-state index is 12.7. The molecule has 8 nitrogen and oxygen atoms in total. The number of benzene rings is 2. The van der Waals surface area contributed by atoms with Gasteiger partial charge in [0.1, 0.15) is 0 Å². The number of halogens is 1. The van der Waals surface area contributed by atoms with Gasteiger partial charge < -0.3 is 9.64 Å². The molecule has 2 aromatic rings. The molecule has 1 aliphatic heterocycles. The fraction of sp³-hybridized carbons (Fsp3) is 0.250. The van der Waals surface area contributed by atoms with E-state index in [4.69, 9.17) is 16.3 Å². The first-order valence-electron chi connectivity index (χ1n) is 8.79. The number of carbonyl (C=O) groups is 3. The van der Waals surface area contributed by atoms with Crippen LogP contribution in [0.4, 0.5) is 11.4 Å². The summed E-state index contributed by atoms with van der Waals surface area (Å²) in [4.78, 5) is 48.6. The molecule has 0 N–H and O–H groups in total. The summed E-state index contributed by atoms with van der Waals surface area (Å²) in [5.41, 5.74) is 1.48. The molecule has 0 bridgehead atoms. The lowest BCUT2D eigenvalue weighted by Gasteiger charge is -2.16. The van der Waals surface area contributed by atoms with Crippen LogP contribution in [0.5, 0.6) is 0 Å². The first kappa shape index (κ1) is 20.5. The van der Waals surface area contributed by atoms with Crippen LogP contribution in [0.1, 0.15) is 40.1 Å². The van der Waals surface area contributed by atoms with E-state index >= 15 is 0 Å². The molecule has 1 atom stereocenters. The minimum atomic E-state index is -1.12. The largest absolute Gasteiger partial charge is 0.451 e. The van der Waals surface area contributed by atoms with Gasteiger partial charge in [-0.2, -0.15) is 0 Å². The molecule has 9 heteroatoms. The Balaban J connectivity index is 1.76. The van der Waals surface area contributed by atoms with E-state index in [-0.39, 0.29) is 22.2 Å². The lowest BCUT2D eigenvalue weighted by molar-refractivity contribution is -0.384. The quantitative estimate of drug-likeness (QED) is 0.319. The van der Waals surface area contributed by atoms with Crippen molar-refractivity contribution in [3.63, 3.8) is 0 Å². The van der Waals surface area contributed by atoms with E-state index in [0.717, 1.165) is 17.3 Å². The number of rotatable bonds is 5. The third-order valence-electron chi connectivity index (χ3n) is 4.67. The Morgan fingerprint density at radius 3 is 2.59 bits per heavy atom. The number of amides is 1. The first-order valence-corrected chi connectivity index (χ1v) is 9.17. The van der Waals surface area contributed by atoms with E-state index in [1.54, 1.807) is 23.1 Å². The van der Waals surface area contributed by atoms with Gasteiger partial charge in [-0.05, 0) is 43.2 Å². The number of hydrogen-bond acceptors (Lipinski definition) is 6. The van der Waals surface area contributed by atoms with Crippen molar-refractivity contribution >= 4 is 40.6 Å². The number of esters is 1. The highest BCUT2D eigenvalue weighted by Crippen LogP contribution is 2.29. The predicted octanol–water partition coefficient (Wildman–Crippen LogP) is 3.59. The number of hydrogen-bond donors (Lipinski definition) is 0. The van der Waals surface area contributed by atoms with Gasteiger partial charge in [-0.1, -0.05) is 11.6 Å². The predicted molar refractivity (Wildman–Crippen MR) is 105 cm³/mol. The van der Waals surface area contributed by atoms with Gasteiger partial charge in [0.25, 0.3) is 5.69 Å². The zero-order valence-corrected chi connectivity index (χ0v) is 16.4. The summed E-state index contributed by atoms with van der Waals surface area (Å²) < 4.78 is 5.19. The van der Waals surface area contributed by atoms with Crippen LogP contribution in [-0.4, -0.2) is 35.2 Å². The number of anilines is 1. The number of ether oxygens (including phenoxy) is 1. The number of fused-ring (bicyclic) bond motifs is 1. The molecule has 0 aromatic heterocycles. The van der Waals surface area contributed by atoms with Gasteiger partial charge in [-0.15, -0.1) is 0 Å². The molecule has 0 unspecified atom stereocenters. The Bertz CT molecular complexity index is 1040. The van der Waals surface area contributed by atoms with Gasteiger partial charge in [0, 0.05) is 36.9 Å². The lowest BCUT2D eigenvalue weighted by Crippen LogP contribution is -2.26. The minimum Gasteiger partial charge on any atom is -0.451 e. The SMILES string of the molecule is CC(=O)N1CCc2cc(C(=O)[C@@H](C)OC(=O)c3cc([N+](=O)[O-])ccc3Cl)ccc21. The van der Waals surface area contributed by atoms with Crippen LogP contribution in [0.3, 0.4) is 0 Å². The molecule has 0 aliphatic carbocycles. The van der Waals surface area contributed by atoms with Crippen LogP contribution in [0.15, 0.2) is 36.4 Å². The Labute approximate surface area is 171 Å². The average Bonchev–Trinajstić information content (AvgIpc) is 3.10. The Morgan fingerprint density at radius 1 is 1.21 bits per heavy atom. The van der Waals surface area contributed by atoms with Gasteiger partial charge in [0.15, 0.2) is 6.10 Å². The molecule has 1 heterocycles. The van der Waals surface area contributed by atoms with Crippen LogP contribution < -0.4 is 4.90 Å². The highest BCUT2D eigenvalue weighted by molar-refractivity contribution is 6.33. The molecule has 0 saturated heterocycles. The van der Waals surface area contributed by atoms with E-state index in [9.17, 15) is 24.5 Å². The van der Waals surface area contributed by atoms with Crippen LogP contribution in [0.25, 0.3) is 0 Å². The smallest absolute Gasteiger partial charge is 0.340 e. The van der Waals surface area contributed by atoms with Crippen LogP contribution >= 0.6 is 11.6 Å². The summed E-state index contributed by atoms with van der Waals surface area (Å²) in [7, 11) is 0. The maximum Gasteiger partial charge on any atom is 0.340 e. The lowest BCUT2D eigenvalue weighted by atomic mass is 10.0. The highest BCUT2D eigenvalue weighted by atomic mass is 35.5. The fourth-order valence-electron chi connectivity index (χ4n) is 3.18. The molecular formula is C20H17ClN2O6. The van der Waals surface area contributed by atoms with E-state index in [1.807, 2.05) is 0 Å². The molecule has 0 saturated carbocycles. The van der Waals surface area contributed by atoms with Crippen molar-refractivity contribution in [2.45, 2.75) is 26.4 Å². The molecule has 0 spiro atoms. The van der Waals surface area contributed by atoms with E-state index < -0.39 is 22.8 Å². The first-order chi connectivity index (χ1) is 13.7. The molecule has 1 aliphatic rings. The minimum absolute atomic E-state index is 0.0119. The standard InChI is InChI=1S/C20H17ClN2O6/c1-11(29-20(26)16-10-15(23(27)28)4-5-17(16)21)19(25)14-3-6-18-13(9-14)7-8-22(18)12(2)24/h3-6,9-11H,7-8H2,1-2H3/t11-/m1/s1. The summed E-state index contributed by atoms with van der Waals surface area (Å²) in [6, 6.07) is 8.36. The van der Waals surface area contributed by atoms with E-state index in [2.05, 4.69) is 0 Å². The highest BCUT2D eigenvalue weighted by Gasteiger charge is 2.26. The Morgan fingerprint density at radius 2 is 1.93 bits per heavy atom. The molecule has 150 valence electrons. The molecule has 2 aromatic carbocycles. The van der Waals surface area contributed by atoms with Crippen LogP contribution in [-0.2, 0) is 16.0 Å². The monoisotopic (exact) mass is 416 g/mol. The van der Waals surface area contributed by atoms with Crippen molar-refractivity contribution in [1.82, 2.24) is 0 Å². The number of nitro groups is 1. The second-order valence-corrected chi connectivity index (χ2v) is 7.00. The van der Waals surface area contributed by atoms with Gasteiger partial charge in [0.2, 0.25) is 11.7 Å². The van der Waals surface area contributed by atoms with Crippen molar-refractivity contribution in [3.05, 3.63) is 68.2 Å². The molecule has 1 amide bonds. The Hall–Kier alpha value is -3.26. The summed E-state index contributed by atoms with van der Waals surface area (Å²) in [6.45, 7) is 3.45. The van der Waals surface area contributed by atoms with Crippen molar-refractivity contribution in [2.24, 2.45) is 0 Å². The summed E-state index contributed by atoms with van der Waals surface area (Å²) in [5, 5.41) is 10.9. The van der Waals surface area contributed by atoms with Crippen LogP contribution in [0.2, 0.25) is 5.02 Å². The maximum atomic E-state index is 12.7. The number of ketones is 1. The number of non-ortho nitro benzene ring substituents is 1. The average molecular weight is 417 g/mol. The third-order valence-corrected chi connectivity index (χ3v) is 5.00. The third kappa shape index (κ3) is 4.12. The summed E-state index contributed by atoms with van der Waals surface area (Å²) in [6.07, 6.45) is -0.491. The van der Waals surface area contributed by atoms with Gasteiger partial charge >= 0.3 is 5.97 Å². The van der Waals surface area contributed by atoms with Crippen molar-refractivity contribution in [1.29, 1.82) is 0 Å². The van der Waals surface area contributed by atoms with Gasteiger partial charge in [-0.3, -0.25) is 19.7 Å². The summed E-state index contributed by atoms with van der Waals surface area (Å²) in [5.74, 6) is -1.42. The number of carbonyl (C=O) groups excluding carboxylic acids is 3. The van der Waals surface area contributed by atoms with Gasteiger partial charge in [0.05, 0.1) is 15.5 Å². The normalized spacial score (nSPS) is 13.6. The molecule has 3 rings (SSSR count).